The number of anilines is 2. The van der Waals surface area contributed by atoms with Gasteiger partial charge in [-0.05, 0) is 31.2 Å². The molecule has 0 aliphatic rings. The van der Waals surface area contributed by atoms with Gasteiger partial charge >= 0.3 is 0 Å². The van der Waals surface area contributed by atoms with Gasteiger partial charge in [0.2, 0.25) is 0 Å². The molecule has 2 heterocycles. The van der Waals surface area contributed by atoms with Crippen molar-refractivity contribution in [1.29, 1.82) is 0 Å². The van der Waals surface area contributed by atoms with E-state index in [1.54, 1.807) is 0 Å². The number of imidazole rings is 1. The van der Waals surface area contributed by atoms with Crippen LogP contribution in [0, 0.1) is 0 Å². The van der Waals surface area contributed by atoms with Crippen LogP contribution in [0.3, 0.4) is 0 Å². The summed E-state index contributed by atoms with van der Waals surface area (Å²) in [5.74, 6) is 1.10. The van der Waals surface area contributed by atoms with Gasteiger partial charge in [0.05, 0.1) is 6.20 Å². The molecule has 0 N–H and O–H groups in total. The summed E-state index contributed by atoms with van der Waals surface area (Å²) < 4.78 is 2.11. The van der Waals surface area contributed by atoms with Crippen molar-refractivity contribution in [3.05, 3.63) is 60.9 Å². The molecule has 0 amide bonds. The average molecular weight is 237 g/mol. The SMILES string of the molecule is CCN(c1ccccc1)c1cnc2ccccn12. The number of fused-ring (bicyclic) bond motifs is 1. The highest BCUT2D eigenvalue weighted by Crippen LogP contribution is 2.25. The van der Waals surface area contributed by atoms with Gasteiger partial charge in [-0.15, -0.1) is 0 Å². The normalized spacial score (nSPS) is 10.7. The Morgan fingerprint density at radius 3 is 2.61 bits per heavy atom. The van der Waals surface area contributed by atoms with Crippen molar-refractivity contribution in [3.8, 4) is 0 Å². The lowest BCUT2D eigenvalue weighted by molar-refractivity contribution is 0.974. The van der Waals surface area contributed by atoms with Crippen LogP contribution in [0.2, 0.25) is 0 Å². The molecule has 1 aromatic carbocycles. The third kappa shape index (κ3) is 1.74. The Balaban J connectivity index is 2.12. The van der Waals surface area contributed by atoms with Gasteiger partial charge < -0.3 is 4.90 Å². The quantitative estimate of drug-likeness (QED) is 0.695. The fraction of sp³-hybridized carbons (Fsp3) is 0.133. The summed E-state index contributed by atoms with van der Waals surface area (Å²) in [5.41, 5.74) is 2.16. The van der Waals surface area contributed by atoms with Crippen LogP contribution < -0.4 is 4.90 Å². The molecule has 0 spiro atoms. The predicted molar refractivity (Wildman–Crippen MR) is 74.3 cm³/mol. The monoisotopic (exact) mass is 237 g/mol. The number of hydrogen-bond acceptors (Lipinski definition) is 2. The van der Waals surface area contributed by atoms with Crippen molar-refractivity contribution < 1.29 is 0 Å². The van der Waals surface area contributed by atoms with Gasteiger partial charge in [0, 0.05) is 18.4 Å². The minimum atomic E-state index is 0.909. The Hall–Kier alpha value is -2.29. The van der Waals surface area contributed by atoms with Crippen LogP contribution in [0.25, 0.3) is 5.65 Å². The van der Waals surface area contributed by atoms with Crippen molar-refractivity contribution >= 4 is 17.2 Å². The summed E-state index contributed by atoms with van der Waals surface area (Å²) in [4.78, 5) is 6.68. The van der Waals surface area contributed by atoms with E-state index in [1.807, 2.05) is 36.7 Å². The molecule has 0 atom stereocenters. The summed E-state index contributed by atoms with van der Waals surface area (Å²) in [6.07, 6.45) is 3.97. The van der Waals surface area contributed by atoms with E-state index in [9.17, 15) is 0 Å². The van der Waals surface area contributed by atoms with Gasteiger partial charge in [-0.2, -0.15) is 0 Å². The molecule has 0 unspecified atom stereocenters. The van der Waals surface area contributed by atoms with Gasteiger partial charge in [-0.1, -0.05) is 24.3 Å². The van der Waals surface area contributed by atoms with Crippen molar-refractivity contribution in [3.63, 3.8) is 0 Å². The van der Waals surface area contributed by atoms with E-state index < -0.39 is 0 Å². The third-order valence-corrected chi connectivity index (χ3v) is 3.06. The standard InChI is InChI=1S/C15H15N3/c1-2-17(13-8-4-3-5-9-13)15-12-16-14-10-6-7-11-18(14)15/h3-12H,2H2,1H3. The Bertz CT molecular complexity index is 643. The molecular formula is C15H15N3. The molecule has 3 heteroatoms. The second-order valence-corrected chi connectivity index (χ2v) is 4.13. The maximum Gasteiger partial charge on any atom is 0.138 e. The molecule has 18 heavy (non-hydrogen) atoms. The van der Waals surface area contributed by atoms with Crippen LogP contribution in [-0.4, -0.2) is 15.9 Å². The van der Waals surface area contributed by atoms with E-state index in [-0.39, 0.29) is 0 Å². The van der Waals surface area contributed by atoms with Crippen molar-refractivity contribution in [2.24, 2.45) is 0 Å². The zero-order chi connectivity index (χ0) is 12.4. The molecule has 0 saturated carbocycles. The van der Waals surface area contributed by atoms with Crippen LogP contribution in [-0.2, 0) is 0 Å². The van der Waals surface area contributed by atoms with Crippen LogP contribution in [0.5, 0.6) is 0 Å². The van der Waals surface area contributed by atoms with Gasteiger partial charge in [-0.3, -0.25) is 4.40 Å². The van der Waals surface area contributed by atoms with E-state index in [1.165, 1.54) is 5.69 Å². The van der Waals surface area contributed by atoms with Crippen LogP contribution in [0.4, 0.5) is 11.5 Å². The fourth-order valence-electron chi connectivity index (χ4n) is 2.20. The molecule has 0 radical (unpaired) electrons. The second kappa shape index (κ2) is 4.53. The summed E-state index contributed by atoms with van der Waals surface area (Å²) >= 11 is 0. The average Bonchev–Trinajstić information content (AvgIpc) is 2.85. The summed E-state index contributed by atoms with van der Waals surface area (Å²) in [6, 6.07) is 16.4. The Morgan fingerprint density at radius 2 is 1.83 bits per heavy atom. The van der Waals surface area contributed by atoms with Gasteiger partial charge in [0.15, 0.2) is 0 Å². The van der Waals surface area contributed by atoms with Crippen molar-refractivity contribution in [2.45, 2.75) is 6.92 Å². The van der Waals surface area contributed by atoms with Crippen LogP contribution in [0.1, 0.15) is 6.92 Å². The van der Waals surface area contributed by atoms with E-state index >= 15 is 0 Å². The fourth-order valence-corrected chi connectivity index (χ4v) is 2.20. The molecular weight excluding hydrogens is 222 g/mol. The van der Waals surface area contributed by atoms with Crippen molar-refractivity contribution in [1.82, 2.24) is 9.38 Å². The molecule has 0 aliphatic carbocycles. The van der Waals surface area contributed by atoms with Gasteiger partial charge in [0.1, 0.15) is 11.5 Å². The first-order valence-electron chi connectivity index (χ1n) is 6.15. The molecule has 0 saturated heterocycles. The van der Waals surface area contributed by atoms with Gasteiger partial charge in [0.25, 0.3) is 0 Å². The summed E-state index contributed by atoms with van der Waals surface area (Å²) in [6.45, 7) is 3.06. The number of nitrogens with zero attached hydrogens (tertiary/aromatic N) is 3. The number of para-hydroxylation sites is 1. The second-order valence-electron chi connectivity index (χ2n) is 4.13. The van der Waals surface area contributed by atoms with Crippen molar-refractivity contribution in [2.75, 3.05) is 11.4 Å². The summed E-state index contributed by atoms with van der Waals surface area (Å²) in [5, 5.41) is 0. The smallest absolute Gasteiger partial charge is 0.138 e. The number of aromatic nitrogens is 2. The lowest BCUT2D eigenvalue weighted by Crippen LogP contribution is -2.17. The van der Waals surface area contributed by atoms with Crippen LogP contribution >= 0.6 is 0 Å². The lowest BCUT2D eigenvalue weighted by atomic mass is 10.3. The highest BCUT2D eigenvalue weighted by atomic mass is 15.2. The third-order valence-electron chi connectivity index (χ3n) is 3.06. The minimum absolute atomic E-state index is 0.909. The Labute approximate surface area is 106 Å². The predicted octanol–water partition coefficient (Wildman–Crippen LogP) is 3.49. The first-order chi connectivity index (χ1) is 8.90. The molecule has 3 nitrogen and oxygen atoms in total. The molecule has 3 aromatic rings. The molecule has 3 rings (SSSR count). The maximum atomic E-state index is 4.43. The summed E-state index contributed by atoms with van der Waals surface area (Å²) in [7, 11) is 0. The lowest BCUT2D eigenvalue weighted by Gasteiger charge is -2.22. The molecule has 90 valence electrons. The topological polar surface area (TPSA) is 20.5 Å². The first kappa shape index (κ1) is 10.8. The highest BCUT2D eigenvalue weighted by molar-refractivity contribution is 5.63. The molecule has 2 aromatic heterocycles. The number of hydrogen-bond donors (Lipinski definition) is 0. The minimum Gasteiger partial charge on any atom is -0.326 e. The van der Waals surface area contributed by atoms with E-state index in [2.05, 4.69) is 45.5 Å². The molecule has 0 fully saturated rings. The van der Waals surface area contributed by atoms with Crippen LogP contribution in [0.15, 0.2) is 60.9 Å². The zero-order valence-corrected chi connectivity index (χ0v) is 10.3. The molecule has 0 bridgehead atoms. The molecule has 0 aliphatic heterocycles. The van der Waals surface area contributed by atoms with E-state index in [4.69, 9.17) is 0 Å². The number of benzene rings is 1. The number of pyridine rings is 1. The number of rotatable bonds is 3. The zero-order valence-electron chi connectivity index (χ0n) is 10.3. The van der Waals surface area contributed by atoms with Gasteiger partial charge in [-0.25, -0.2) is 4.98 Å². The highest BCUT2D eigenvalue weighted by Gasteiger charge is 2.11. The maximum absolute atomic E-state index is 4.43. The largest absolute Gasteiger partial charge is 0.326 e. The Morgan fingerprint density at radius 1 is 1.06 bits per heavy atom. The first-order valence-corrected chi connectivity index (χ1v) is 6.15. The van der Waals surface area contributed by atoms with E-state index in [0.29, 0.717) is 0 Å². The van der Waals surface area contributed by atoms with E-state index in [0.717, 1.165) is 18.0 Å². The Kier molecular flexibility index (Phi) is 2.73.